The average molecular weight is 109 g/mol. The minimum atomic E-state index is -2.33. The van der Waals surface area contributed by atoms with Crippen molar-refractivity contribution in [3.63, 3.8) is 0 Å². The maximum Gasteiger partial charge on any atom is 0.796 e. The number of rotatable bonds is 0. The highest BCUT2D eigenvalue weighted by Crippen LogP contribution is 2.02. The summed E-state index contributed by atoms with van der Waals surface area (Å²) < 4.78 is 32.1. The molecule has 0 saturated carbocycles. The fourth-order valence-corrected chi connectivity index (χ4v) is 0. The van der Waals surface area contributed by atoms with Crippen LogP contribution in [-0.4, -0.2) is 10.2 Å². The van der Waals surface area contributed by atoms with Gasteiger partial charge in [0.15, 0.2) is 0 Å². The molecule has 0 saturated heterocycles. The zero-order valence-corrected chi connectivity index (χ0v) is 3.63. The van der Waals surface area contributed by atoms with Crippen LogP contribution in [0.3, 0.4) is 0 Å². The second-order valence-corrected chi connectivity index (χ2v) is 1.01. The van der Waals surface area contributed by atoms with E-state index in [1.165, 1.54) is 0 Å². The molecule has 0 aliphatic carbocycles. The molecule has 2 radical (unpaired) electrons. The third-order valence-corrected chi connectivity index (χ3v) is 0.355. The van der Waals surface area contributed by atoms with Gasteiger partial charge in [-0.05, 0) is 0 Å². The van der Waals surface area contributed by atoms with Crippen molar-refractivity contribution in [3.05, 3.63) is 11.5 Å². The first kappa shape index (κ1) is 5.75. The van der Waals surface area contributed by atoms with Gasteiger partial charge in [0.1, 0.15) is 0 Å². The SMILES string of the molecule is FC(F)=C(F)[Si+]. The summed E-state index contributed by atoms with van der Waals surface area (Å²) in [5, 5.41) is 0. The quantitative estimate of drug-likeness (QED) is 0.410. The van der Waals surface area contributed by atoms with Crippen LogP contribution in [0.2, 0.25) is 0 Å². The lowest BCUT2D eigenvalue weighted by atomic mass is 11.1. The molecule has 0 nitrogen and oxygen atoms in total. The first-order valence-electron chi connectivity index (χ1n) is 1.07. The lowest BCUT2D eigenvalue weighted by Crippen LogP contribution is -1.67. The predicted molar refractivity (Wildman–Crippen MR) is 16.1 cm³/mol. The zero-order chi connectivity index (χ0) is 5.15. The molecule has 4 heteroatoms. The van der Waals surface area contributed by atoms with E-state index < -0.39 is 11.5 Å². The van der Waals surface area contributed by atoms with E-state index in [0.29, 0.717) is 0 Å². The van der Waals surface area contributed by atoms with E-state index in [1.807, 2.05) is 10.2 Å². The molecule has 0 heterocycles. The minimum Gasteiger partial charge on any atom is -0.167 e. The molecule has 0 N–H and O–H groups in total. The van der Waals surface area contributed by atoms with Gasteiger partial charge in [-0.2, -0.15) is 13.2 Å². The van der Waals surface area contributed by atoms with Gasteiger partial charge in [-0.3, -0.25) is 0 Å². The molecule has 6 heavy (non-hydrogen) atoms. The fourth-order valence-electron chi connectivity index (χ4n) is 0. The van der Waals surface area contributed by atoms with E-state index in [4.69, 9.17) is 0 Å². The molecule has 0 rings (SSSR count). The van der Waals surface area contributed by atoms with Gasteiger partial charge in [-0.25, -0.2) is 0 Å². The maximum atomic E-state index is 10.9. The maximum absolute atomic E-state index is 10.9. The van der Waals surface area contributed by atoms with Crippen LogP contribution in [0, 0.1) is 0 Å². The van der Waals surface area contributed by atoms with Crippen molar-refractivity contribution in [1.82, 2.24) is 0 Å². The van der Waals surface area contributed by atoms with Crippen molar-refractivity contribution in [2.24, 2.45) is 0 Å². The van der Waals surface area contributed by atoms with Gasteiger partial charge < -0.3 is 0 Å². The van der Waals surface area contributed by atoms with E-state index in [1.54, 1.807) is 0 Å². The molecule has 0 atom stereocenters. The Morgan fingerprint density at radius 2 is 1.33 bits per heavy atom. The Morgan fingerprint density at radius 3 is 1.33 bits per heavy atom. The summed E-state index contributed by atoms with van der Waals surface area (Å²) in [6, 6.07) is 0. The van der Waals surface area contributed by atoms with Gasteiger partial charge in [0.05, 0.1) is 0 Å². The third-order valence-electron chi connectivity index (χ3n) is 0.166. The first-order chi connectivity index (χ1) is 2.64. The van der Waals surface area contributed by atoms with Crippen LogP contribution in [-0.2, 0) is 0 Å². The molecule has 0 amide bonds. The summed E-state index contributed by atoms with van der Waals surface area (Å²) in [5.74, 6) is 0. The lowest BCUT2D eigenvalue weighted by molar-refractivity contribution is 0.393. The van der Waals surface area contributed by atoms with Crippen LogP contribution >= 0.6 is 0 Å². The Kier molecular flexibility index (Phi) is 1.93. The smallest absolute Gasteiger partial charge is 0.167 e. The first-order valence-corrected chi connectivity index (χ1v) is 1.57. The molecule has 0 aliphatic rings. The van der Waals surface area contributed by atoms with E-state index in [-0.39, 0.29) is 0 Å². The van der Waals surface area contributed by atoms with Crippen LogP contribution in [0.1, 0.15) is 0 Å². The summed E-state index contributed by atoms with van der Waals surface area (Å²) in [6.45, 7) is 0. The van der Waals surface area contributed by atoms with E-state index in [0.717, 1.165) is 0 Å². The number of hydrogen-bond donors (Lipinski definition) is 0. The summed E-state index contributed by atoms with van der Waals surface area (Å²) in [4.78, 5) is 0. The van der Waals surface area contributed by atoms with Crippen LogP contribution < -0.4 is 0 Å². The second-order valence-electron chi connectivity index (χ2n) is 0.574. The Labute approximate surface area is 36.1 Å². The Hall–Kier alpha value is -0.253. The van der Waals surface area contributed by atoms with Crippen LogP contribution in [0.15, 0.2) is 11.5 Å². The van der Waals surface area contributed by atoms with E-state index >= 15 is 0 Å². The molecule has 0 unspecified atom stereocenters. The van der Waals surface area contributed by atoms with Gasteiger partial charge in [-0.15, -0.1) is 0 Å². The number of halogens is 3. The van der Waals surface area contributed by atoms with E-state index in [2.05, 4.69) is 0 Å². The zero-order valence-electron chi connectivity index (χ0n) is 2.63. The van der Waals surface area contributed by atoms with Gasteiger partial charge in [0.25, 0.3) is 0 Å². The van der Waals surface area contributed by atoms with Crippen LogP contribution in [0.4, 0.5) is 13.2 Å². The highest BCUT2D eigenvalue weighted by Gasteiger charge is 2.12. The van der Waals surface area contributed by atoms with Crippen molar-refractivity contribution in [2.45, 2.75) is 0 Å². The van der Waals surface area contributed by atoms with Crippen molar-refractivity contribution < 1.29 is 13.2 Å². The highest BCUT2D eigenvalue weighted by molar-refractivity contribution is 6.20. The summed E-state index contributed by atoms with van der Waals surface area (Å²) in [5.41, 5.74) is -1.60. The van der Waals surface area contributed by atoms with Gasteiger partial charge in [-0.1, -0.05) is 0 Å². The van der Waals surface area contributed by atoms with Crippen molar-refractivity contribution in [3.8, 4) is 0 Å². The molecule has 0 spiro atoms. The Balaban J connectivity index is 3.68. The monoisotopic (exact) mass is 109 g/mol. The largest absolute Gasteiger partial charge is 0.796 e. The fraction of sp³-hybridized carbons (Fsp3) is 0. The standard InChI is InChI=1S/C2F3Si/c3-1(4)2(5)6/q+1. The van der Waals surface area contributed by atoms with Crippen LogP contribution in [0.5, 0.6) is 0 Å². The van der Waals surface area contributed by atoms with Crippen molar-refractivity contribution >= 4 is 10.2 Å². The molecular formula is C2F3Si+. The molecular weight excluding hydrogens is 109 g/mol. The molecule has 0 aromatic rings. The molecule has 0 bridgehead atoms. The van der Waals surface area contributed by atoms with Crippen LogP contribution in [0.25, 0.3) is 0 Å². The highest BCUT2D eigenvalue weighted by atomic mass is 28.1. The van der Waals surface area contributed by atoms with Crippen molar-refractivity contribution in [1.29, 1.82) is 0 Å². The second kappa shape index (κ2) is 2.02. The van der Waals surface area contributed by atoms with Gasteiger partial charge in [0, 0.05) is 0 Å². The topological polar surface area (TPSA) is 0 Å². The summed E-state index contributed by atoms with van der Waals surface area (Å²) >= 11 is 0. The lowest BCUT2D eigenvalue weighted by Gasteiger charge is -1.61. The summed E-state index contributed by atoms with van der Waals surface area (Å²) in [7, 11) is 1.95. The van der Waals surface area contributed by atoms with Gasteiger partial charge >= 0.3 is 21.8 Å². The third kappa shape index (κ3) is 2.01. The summed E-state index contributed by atoms with van der Waals surface area (Å²) in [6.07, 6.45) is -2.33. The molecule has 0 fully saturated rings. The molecule has 32 valence electrons. The predicted octanol–water partition coefficient (Wildman–Crippen LogP) is 1.19. The van der Waals surface area contributed by atoms with E-state index in [9.17, 15) is 13.2 Å². The molecule has 0 aromatic heterocycles. The number of hydrogen-bond acceptors (Lipinski definition) is 0. The molecule has 0 aliphatic heterocycles. The van der Waals surface area contributed by atoms with Gasteiger partial charge in [0.2, 0.25) is 0 Å². The average Bonchev–Trinajstić information content (AvgIpc) is 1.36. The Bertz CT molecular complexity index is 58.9. The Morgan fingerprint density at radius 1 is 1.17 bits per heavy atom. The molecule has 0 aromatic carbocycles. The normalized spacial score (nSPS) is 7.83. The van der Waals surface area contributed by atoms with Crippen molar-refractivity contribution in [2.75, 3.05) is 0 Å². The minimum absolute atomic E-state index is 1.60.